The minimum absolute atomic E-state index is 0.162. The minimum Gasteiger partial charge on any atom is -0.497 e. The molecule has 5 atom stereocenters. The van der Waals surface area contributed by atoms with E-state index in [0.717, 1.165) is 16.9 Å². The van der Waals surface area contributed by atoms with Crippen LogP contribution in [0.15, 0.2) is 54.6 Å². The topological polar surface area (TPSA) is 138 Å². The van der Waals surface area contributed by atoms with Crippen LogP contribution < -0.4 is 15.4 Å². The van der Waals surface area contributed by atoms with Crippen molar-refractivity contribution in [1.82, 2.24) is 20.4 Å². The van der Waals surface area contributed by atoms with Crippen molar-refractivity contribution < 1.29 is 33.8 Å². The van der Waals surface area contributed by atoms with Gasteiger partial charge >= 0.3 is 6.09 Å². The Bertz CT molecular complexity index is 1340. The number of ether oxygens (including phenoxy) is 2. The van der Waals surface area contributed by atoms with Gasteiger partial charge in [0.25, 0.3) is 0 Å². The molecule has 250 valence electrons. The first-order valence-electron chi connectivity index (χ1n) is 16.1. The number of amides is 4. The Balaban J connectivity index is 1.49. The minimum atomic E-state index is -1.06. The maximum atomic E-state index is 14.2. The molecule has 0 aliphatic carbocycles. The molecule has 0 saturated carbocycles. The Labute approximate surface area is 271 Å². The molecule has 2 aliphatic heterocycles. The van der Waals surface area contributed by atoms with Crippen molar-refractivity contribution in [3.8, 4) is 5.75 Å². The lowest BCUT2D eigenvalue weighted by molar-refractivity contribution is -0.144. The molecule has 2 aromatic rings. The van der Waals surface area contributed by atoms with Gasteiger partial charge in [0.1, 0.15) is 29.5 Å². The van der Waals surface area contributed by atoms with E-state index in [1.165, 1.54) is 11.9 Å². The summed E-state index contributed by atoms with van der Waals surface area (Å²) < 4.78 is 10.8. The zero-order valence-corrected chi connectivity index (χ0v) is 27.5. The molecule has 2 saturated heterocycles. The van der Waals surface area contributed by atoms with Crippen LogP contribution >= 0.6 is 0 Å². The summed E-state index contributed by atoms with van der Waals surface area (Å²) >= 11 is 0. The van der Waals surface area contributed by atoms with Gasteiger partial charge in [-0.25, -0.2) is 4.79 Å². The number of nitrogens with one attached hydrogen (secondary N) is 2. The molecule has 11 heteroatoms. The Hall–Kier alpha value is -4.12. The lowest BCUT2D eigenvalue weighted by Crippen LogP contribution is -2.59. The largest absolute Gasteiger partial charge is 0.497 e. The Morgan fingerprint density at radius 2 is 1.67 bits per heavy atom. The van der Waals surface area contributed by atoms with Crippen LogP contribution in [-0.2, 0) is 32.0 Å². The number of aliphatic hydroxyl groups is 1. The Morgan fingerprint density at radius 3 is 2.30 bits per heavy atom. The third-order valence-electron chi connectivity index (χ3n) is 8.80. The zero-order chi connectivity index (χ0) is 33.4. The highest BCUT2D eigenvalue weighted by atomic mass is 16.6. The predicted octanol–water partition coefficient (Wildman–Crippen LogP) is 3.08. The normalized spacial score (nSPS) is 21.9. The summed E-state index contributed by atoms with van der Waals surface area (Å²) in [7, 11) is 3.11. The Morgan fingerprint density at radius 1 is 1.00 bits per heavy atom. The van der Waals surface area contributed by atoms with Crippen LogP contribution in [0.4, 0.5) is 4.79 Å². The average molecular weight is 637 g/mol. The summed E-state index contributed by atoms with van der Waals surface area (Å²) in [6.45, 7) is 5.35. The zero-order valence-electron chi connectivity index (χ0n) is 27.5. The fraction of sp³-hybridized carbons (Fsp3) is 0.543. The van der Waals surface area contributed by atoms with Gasteiger partial charge in [-0.3, -0.25) is 19.3 Å². The van der Waals surface area contributed by atoms with Crippen molar-refractivity contribution in [3.05, 3.63) is 65.7 Å². The summed E-state index contributed by atoms with van der Waals surface area (Å²) in [5, 5.41) is 16.2. The number of rotatable bonds is 11. The molecule has 0 bridgehead atoms. The molecule has 2 aromatic carbocycles. The van der Waals surface area contributed by atoms with E-state index >= 15 is 0 Å². The number of fused-ring (bicyclic) bond motifs is 1. The van der Waals surface area contributed by atoms with Gasteiger partial charge in [0.05, 0.1) is 7.11 Å². The second-order valence-corrected chi connectivity index (χ2v) is 13.2. The smallest absolute Gasteiger partial charge is 0.410 e. The number of methoxy groups -OCH3 is 1. The Kier molecular flexibility index (Phi) is 11.7. The molecule has 3 N–H and O–H groups in total. The number of aliphatic hydroxyl groups excluding tert-OH is 1. The van der Waals surface area contributed by atoms with E-state index in [1.54, 1.807) is 32.8 Å². The van der Waals surface area contributed by atoms with E-state index in [1.807, 2.05) is 54.6 Å². The maximum Gasteiger partial charge on any atom is 0.410 e. The number of hydrogen-bond acceptors (Lipinski definition) is 7. The number of benzene rings is 2. The van der Waals surface area contributed by atoms with Crippen LogP contribution in [0.5, 0.6) is 5.75 Å². The summed E-state index contributed by atoms with van der Waals surface area (Å²) in [5.74, 6) is -0.933. The van der Waals surface area contributed by atoms with Crippen molar-refractivity contribution in [1.29, 1.82) is 0 Å². The van der Waals surface area contributed by atoms with E-state index in [0.29, 0.717) is 38.6 Å². The number of carbonyl (C=O) groups is 4. The SMILES string of the molecule is COc1ccc(CCNC(=O)[C@@H]2CC[C@@H]3CC[C@H](CO)[C@H](NC(=O)[C@@H](Cc4ccccc4)N(C)C(=O)OC(C)(C)C)C(=O)N32)cc1. The standard InChI is InChI=1S/C35H48N4O7/c1-35(2,3)46-34(44)38(4)29(21-24-9-7-6-8-10-24)32(42)37-30-25(22-40)13-14-26-15-18-28(39(26)33(30)43)31(41)36-20-19-23-11-16-27(45-5)17-12-23/h6-12,16-17,25-26,28-30,40H,13-15,18-22H2,1-5H3,(H,36,41)(H,37,42)/t25-,26+,28+,29-,30+/m1/s1. The molecule has 2 fully saturated rings. The van der Waals surface area contributed by atoms with Crippen LogP contribution in [-0.4, -0.2) is 95.8 Å². The third-order valence-corrected chi connectivity index (χ3v) is 8.80. The molecule has 0 radical (unpaired) electrons. The van der Waals surface area contributed by atoms with Crippen LogP contribution in [0.3, 0.4) is 0 Å². The van der Waals surface area contributed by atoms with Gasteiger partial charge in [0, 0.05) is 38.6 Å². The lowest BCUT2D eigenvalue weighted by Gasteiger charge is -2.34. The van der Waals surface area contributed by atoms with Crippen LogP contribution in [0.25, 0.3) is 0 Å². The highest BCUT2D eigenvalue weighted by Gasteiger charge is 2.48. The second-order valence-electron chi connectivity index (χ2n) is 13.2. The molecule has 2 aliphatic rings. The lowest BCUT2D eigenvalue weighted by atomic mass is 9.93. The number of hydrogen-bond donors (Lipinski definition) is 3. The molecule has 4 rings (SSSR count). The highest BCUT2D eigenvalue weighted by Crippen LogP contribution is 2.34. The van der Waals surface area contributed by atoms with E-state index in [-0.39, 0.29) is 30.9 Å². The molecule has 0 spiro atoms. The average Bonchev–Trinajstić information content (AvgIpc) is 3.41. The maximum absolute atomic E-state index is 14.2. The van der Waals surface area contributed by atoms with Crippen LogP contribution in [0, 0.1) is 5.92 Å². The van der Waals surface area contributed by atoms with Crippen molar-refractivity contribution in [2.75, 3.05) is 27.3 Å². The molecule has 11 nitrogen and oxygen atoms in total. The fourth-order valence-electron chi connectivity index (χ4n) is 6.26. The molecule has 2 heterocycles. The first-order valence-corrected chi connectivity index (χ1v) is 16.1. The first kappa shape index (κ1) is 34.7. The van der Waals surface area contributed by atoms with Gasteiger partial charge in [-0.15, -0.1) is 0 Å². The molecular weight excluding hydrogens is 588 g/mol. The molecule has 4 amide bonds. The third kappa shape index (κ3) is 8.78. The summed E-state index contributed by atoms with van der Waals surface area (Å²) in [6.07, 6.45) is 2.46. The van der Waals surface area contributed by atoms with Crippen molar-refractivity contribution in [2.45, 2.75) is 89.1 Å². The van der Waals surface area contributed by atoms with E-state index in [2.05, 4.69) is 10.6 Å². The first-order chi connectivity index (χ1) is 21.9. The number of carbonyl (C=O) groups excluding carboxylic acids is 4. The van der Waals surface area contributed by atoms with Crippen molar-refractivity contribution >= 4 is 23.8 Å². The highest BCUT2D eigenvalue weighted by molar-refractivity contribution is 5.95. The van der Waals surface area contributed by atoms with E-state index in [9.17, 15) is 24.3 Å². The monoisotopic (exact) mass is 636 g/mol. The molecular formula is C35H48N4O7. The second kappa shape index (κ2) is 15.4. The van der Waals surface area contributed by atoms with Crippen molar-refractivity contribution in [3.63, 3.8) is 0 Å². The van der Waals surface area contributed by atoms with E-state index < -0.39 is 41.6 Å². The number of likely N-dealkylation sites (N-methyl/N-ethyl adjacent to an activating group) is 1. The summed E-state index contributed by atoms with van der Waals surface area (Å²) in [5.41, 5.74) is 1.11. The van der Waals surface area contributed by atoms with E-state index in [4.69, 9.17) is 9.47 Å². The van der Waals surface area contributed by atoms with Gasteiger partial charge in [-0.2, -0.15) is 0 Å². The van der Waals surface area contributed by atoms with Crippen LogP contribution in [0.1, 0.15) is 57.6 Å². The van der Waals surface area contributed by atoms with Gasteiger partial charge in [-0.05, 0) is 76.1 Å². The summed E-state index contributed by atoms with van der Waals surface area (Å²) in [4.78, 5) is 57.5. The predicted molar refractivity (Wildman–Crippen MR) is 173 cm³/mol. The van der Waals surface area contributed by atoms with Gasteiger partial charge in [0.2, 0.25) is 17.7 Å². The molecule has 0 unspecified atom stereocenters. The van der Waals surface area contributed by atoms with Gasteiger partial charge in [0.15, 0.2) is 0 Å². The molecule has 46 heavy (non-hydrogen) atoms. The van der Waals surface area contributed by atoms with Gasteiger partial charge in [-0.1, -0.05) is 42.5 Å². The van der Waals surface area contributed by atoms with Gasteiger partial charge < -0.3 is 30.1 Å². The number of nitrogens with zero attached hydrogens (tertiary/aromatic N) is 2. The molecule has 0 aromatic heterocycles. The fourth-order valence-corrected chi connectivity index (χ4v) is 6.26. The quantitative estimate of drug-likeness (QED) is 0.345. The van der Waals surface area contributed by atoms with Crippen molar-refractivity contribution in [2.24, 2.45) is 5.92 Å². The van der Waals surface area contributed by atoms with Crippen LogP contribution in [0.2, 0.25) is 0 Å². The summed E-state index contributed by atoms with van der Waals surface area (Å²) in [6, 6.07) is 14.1.